The highest BCUT2D eigenvalue weighted by Crippen LogP contribution is 2.19. The van der Waals surface area contributed by atoms with E-state index in [0.29, 0.717) is 16.9 Å². The maximum Gasteiger partial charge on any atom is 0.202 e. The number of benzene rings is 2. The zero-order valence-corrected chi connectivity index (χ0v) is 12.1. The maximum absolute atomic E-state index is 12.3. The summed E-state index contributed by atoms with van der Waals surface area (Å²) in [6.45, 7) is 1.43. The van der Waals surface area contributed by atoms with Gasteiger partial charge in [-0.05, 0) is 25.1 Å². The predicted octanol–water partition coefficient (Wildman–Crippen LogP) is 3.63. The van der Waals surface area contributed by atoms with Crippen molar-refractivity contribution in [3.8, 4) is 5.75 Å². The lowest BCUT2D eigenvalue weighted by Crippen LogP contribution is -2.11. The van der Waals surface area contributed by atoms with Crippen molar-refractivity contribution in [2.75, 3.05) is 6.61 Å². The third-order valence-electron chi connectivity index (χ3n) is 3.50. The van der Waals surface area contributed by atoms with Gasteiger partial charge in [-0.3, -0.25) is 9.59 Å². The Hall–Kier alpha value is -2.88. The number of rotatable bonds is 5. The zero-order chi connectivity index (χ0) is 15.5. The Kier molecular flexibility index (Phi) is 3.74. The second-order valence-corrected chi connectivity index (χ2v) is 5.04. The largest absolute Gasteiger partial charge is 0.485 e. The van der Waals surface area contributed by atoms with Crippen molar-refractivity contribution in [1.29, 1.82) is 0 Å². The zero-order valence-electron chi connectivity index (χ0n) is 12.1. The molecule has 4 nitrogen and oxygen atoms in total. The van der Waals surface area contributed by atoms with E-state index in [4.69, 9.17) is 4.74 Å². The molecule has 0 bridgehead atoms. The minimum atomic E-state index is -0.106. The van der Waals surface area contributed by atoms with Crippen molar-refractivity contribution in [3.05, 3.63) is 65.9 Å². The lowest BCUT2D eigenvalue weighted by molar-refractivity contribution is 0.0923. The van der Waals surface area contributed by atoms with Crippen LogP contribution in [-0.4, -0.2) is 23.2 Å². The molecule has 22 heavy (non-hydrogen) atoms. The van der Waals surface area contributed by atoms with Crippen molar-refractivity contribution in [1.82, 2.24) is 4.98 Å². The monoisotopic (exact) mass is 293 g/mol. The van der Waals surface area contributed by atoms with E-state index in [9.17, 15) is 9.59 Å². The molecule has 1 aromatic heterocycles. The SMILES string of the molecule is CC(=O)c1cccc(OCC(=O)c2c[nH]c3ccccc23)c1. The molecule has 1 heterocycles. The summed E-state index contributed by atoms with van der Waals surface area (Å²) >= 11 is 0. The number of carbonyl (C=O) groups is 2. The van der Waals surface area contributed by atoms with Gasteiger partial charge in [0.2, 0.25) is 5.78 Å². The van der Waals surface area contributed by atoms with Crippen LogP contribution in [0, 0.1) is 0 Å². The van der Waals surface area contributed by atoms with Crippen LogP contribution in [0.25, 0.3) is 10.9 Å². The molecular weight excluding hydrogens is 278 g/mol. The fourth-order valence-electron chi connectivity index (χ4n) is 2.33. The fourth-order valence-corrected chi connectivity index (χ4v) is 2.33. The average molecular weight is 293 g/mol. The first kappa shape index (κ1) is 14.1. The minimum absolute atomic E-state index is 0.0339. The molecule has 0 saturated heterocycles. The number of ketones is 2. The Morgan fingerprint density at radius 2 is 1.91 bits per heavy atom. The van der Waals surface area contributed by atoms with Crippen LogP contribution in [-0.2, 0) is 0 Å². The van der Waals surface area contributed by atoms with Crippen molar-refractivity contribution in [2.45, 2.75) is 6.92 Å². The number of Topliss-reactive ketones (excluding diaryl/α,β-unsaturated/α-hetero) is 2. The summed E-state index contributed by atoms with van der Waals surface area (Å²) in [5.41, 5.74) is 2.10. The Morgan fingerprint density at radius 3 is 2.73 bits per heavy atom. The van der Waals surface area contributed by atoms with E-state index >= 15 is 0 Å². The second kappa shape index (κ2) is 5.85. The summed E-state index contributed by atoms with van der Waals surface area (Å²) in [6, 6.07) is 14.5. The molecular formula is C18H15NO3. The Labute approximate surface area is 127 Å². The highest BCUT2D eigenvalue weighted by atomic mass is 16.5. The van der Waals surface area contributed by atoms with E-state index in [1.807, 2.05) is 24.3 Å². The van der Waals surface area contributed by atoms with Gasteiger partial charge in [0.05, 0.1) is 0 Å². The average Bonchev–Trinajstić information content (AvgIpc) is 2.97. The Bertz CT molecular complexity index is 848. The first-order valence-corrected chi connectivity index (χ1v) is 6.98. The van der Waals surface area contributed by atoms with Crippen molar-refractivity contribution >= 4 is 22.5 Å². The van der Waals surface area contributed by atoms with Crippen molar-refractivity contribution < 1.29 is 14.3 Å². The molecule has 0 amide bonds. The third-order valence-corrected chi connectivity index (χ3v) is 3.50. The van der Waals surface area contributed by atoms with Gasteiger partial charge in [-0.1, -0.05) is 30.3 Å². The molecule has 3 aromatic rings. The summed E-state index contributed by atoms with van der Waals surface area (Å²) < 4.78 is 5.52. The number of nitrogens with one attached hydrogen (secondary N) is 1. The van der Waals surface area contributed by atoms with Crippen LogP contribution in [0.2, 0.25) is 0 Å². The number of hydrogen-bond donors (Lipinski definition) is 1. The van der Waals surface area contributed by atoms with Gasteiger partial charge in [0.1, 0.15) is 5.75 Å². The van der Waals surface area contributed by atoms with Gasteiger partial charge >= 0.3 is 0 Å². The molecule has 0 saturated carbocycles. The summed E-state index contributed by atoms with van der Waals surface area (Å²) in [5.74, 6) is 0.375. The highest BCUT2D eigenvalue weighted by Gasteiger charge is 2.12. The van der Waals surface area contributed by atoms with E-state index < -0.39 is 0 Å². The van der Waals surface area contributed by atoms with Crippen molar-refractivity contribution in [2.24, 2.45) is 0 Å². The van der Waals surface area contributed by atoms with Crippen LogP contribution in [0.4, 0.5) is 0 Å². The number of aromatic amines is 1. The first-order chi connectivity index (χ1) is 10.6. The first-order valence-electron chi connectivity index (χ1n) is 6.98. The number of para-hydroxylation sites is 1. The molecule has 0 unspecified atom stereocenters. The van der Waals surface area contributed by atoms with Gasteiger partial charge in [-0.25, -0.2) is 0 Å². The fraction of sp³-hybridized carbons (Fsp3) is 0.111. The van der Waals surface area contributed by atoms with Crippen LogP contribution in [0.3, 0.4) is 0 Å². The molecule has 0 spiro atoms. The van der Waals surface area contributed by atoms with E-state index in [1.165, 1.54) is 6.92 Å². The standard InChI is InChI=1S/C18H15NO3/c1-12(20)13-5-4-6-14(9-13)22-11-18(21)16-10-19-17-8-3-2-7-15(16)17/h2-10,19H,11H2,1H3. The van der Waals surface area contributed by atoms with Gasteiger partial charge in [-0.2, -0.15) is 0 Å². The molecule has 3 rings (SSSR count). The molecule has 1 N–H and O–H groups in total. The van der Waals surface area contributed by atoms with E-state index in [0.717, 1.165) is 10.9 Å². The summed E-state index contributed by atoms with van der Waals surface area (Å²) in [5, 5.41) is 0.883. The van der Waals surface area contributed by atoms with Crippen LogP contribution >= 0.6 is 0 Å². The number of hydrogen-bond acceptors (Lipinski definition) is 3. The second-order valence-electron chi connectivity index (χ2n) is 5.04. The summed E-state index contributed by atoms with van der Waals surface area (Å²) in [6.07, 6.45) is 1.70. The normalized spacial score (nSPS) is 10.6. The minimum Gasteiger partial charge on any atom is -0.485 e. The molecule has 4 heteroatoms. The lowest BCUT2D eigenvalue weighted by atomic mass is 10.1. The molecule has 0 aliphatic carbocycles. The number of aromatic nitrogens is 1. The van der Waals surface area contributed by atoms with Gasteiger partial charge in [0.25, 0.3) is 0 Å². The molecule has 110 valence electrons. The molecule has 0 atom stereocenters. The van der Waals surface area contributed by atoms with E-state index in [-0.39, 0.29) is 18.2 Å². The van der Waals surface area contributed by atoms with Gasteiger partial charge in [-0.15, -0.1) is 0 Å². The van der Waals surface area contributed by atoms with Crippen LogP contribution in [0.1, 0.15) is 27.6 Å². The number of ether oxygens (including phenoxy) is 1. The van der Waals surface area contributed by atoms with Crippen molar-refractivity contribution in [3.63, 3.8) is 0 Å². The number of fused-ring (bicyclic) bond motifs is 1. The Morgan fingerprint density at radius 1 is 1.09 bits per heavy atom. The molecule has 0 aliphatic rings. The van der Waals surface area contributed by atoms with Crippen LogP contribution in [0.5, 0.6) is 5.75 Å². The molecule has 0 aliphatic heterocycles. The van der Waals surface area contributed by atoms with Crippen LogP contribution in [0.15, 0.2) is 54.7 Å². The van der Waals surface area contributed by atoms with E-state index in [2.05, 4.69) is 4.98 Å². The quantitative estimate of drug-likeness (QED) is 0.731. The smallest absolute Gasteiger partial charge is 0.202 e. The maximum atomic E-state index is 12.3. The molecule has 0 radical (unpaired) electrons. The van der Waals surface area contributed by atoms with E-state index in [1.54, 1.807) is 30.5 Å². The molecule has 2 aromatic carbocycles. The summed E-state index contributed by atoms with van der Waals surface area (Å²) in [7, 11) is 0. The number of carbonyl (C=O) groups excluding carboxylic acids is 2. The van der Waals surface area contributed by atoms with Crippen LogP contribution < -0.4 is 4.74 Å². The highest BCUT2D eigenvalue weighted by molar-refractivity contribution is 6.08. The Balaban J connectivity index is 1.75. The molecule has 0 fully saturated rings. The number of H-pyrrole nitrogens is 1. The topological polar surface area (TPSA) is 59.2 Å². The summed E-state index contributed by atoms with van der Waals surface area (Å²) in [4.78, 5) is 26.7. The van der Waals surface area contributed by atoms with Gasteiger partial charge in [0, 0.05) is 28.2 Å². The lowest BCUT2D eigenvalue weighted by Gasteiger charge is -2.06. The van der Waals surface area contributed by atoms with Gasteiger partial charge < -0.3 is 9.72 Å². The third kappa shape index (κ3) is 2.76. The predicted molar refractivity (Wildman–Crippen MR) is 84.6 cm³/mol. The van der Waals surface area contributed by atoms with Gasteiger partial charge in [0.15, 0.2) is 12.4 Å².